The maximum atomic E-state index is 10.5. The minimum atomic E-state index is -0.734. The third kappa shape index (κ3) is 15.0. The fourth-order valence-corrected chi connectivity index (χ4v) is 8.01. The first-order valence-electron chi connectivity index (χ1n) is 17.0. The number of hydrogen-bond donors (Lipinski definition) is 2. The molecule has 0 saturated carbocycles. The second-order valence-electron chi connectivity index (χ2n) is 11.5. The standard InChI is InChI=1S/C20H21NO3S2.C14H10ClNS2.C6H11BrO2/c22-20(23)4-2-1-3-11-24-19-7-5-16(6-8-19)21(17-9-12-25-14-17)18-10-13-26-15-18;15-11-1-3-12(4-2-11)16(13-5-7-17-9-13)14-6-8-18-10-14;7-5-3-1-2-4-6(8)9/h5-10,12-15H,1-4,11H2,(H,22,23);1-10H;1-5H2,(H,8,9). The molecule has 0 bridgehead atoms. The van der Waals surface area contributed by atoms with Gasteiger partial charge in [0.2, 0.25) is 0 Å². The van der Waals surface area contributed by atoms with Gasteiger partial charge in [0.25, 0.3) is 0 Å². The van der Waals surface area contributed by atoms with E-state index in [4.69, 9.17) is 26.6 Å². The number of carboxylic acid groups (broad SMARTS) is 2. The normalized spacial score (nSPS) is 10.4. The topological polar surface area (TPSA) is 90.3 Å². The lowest BCUT2D eigenvalue weighted by Gasteiger charge is -2.22. The third-order valence-corrected chi connectivity index (χ3v) is 11.1. The van der Waals surface area contributed by atoms with E-state index in [2.05, 4.69) is 105 Å². The molecule has 2 aromatic carbocycles. The van der Waals surface area contributed by atoms with Crippen LogP contribution in [0.1, 0.15) is 51.4 Å². The van der Waals surface area contributed by atoms with Crippen LogP contribution in [0, 0.1) is 0 Å². The Balaban J connectivity index is 0.000000201. The van der Waals surface area contributed by atoms with Gasteiger partial charge in [-0.25, -0.2) is 0 Å². The Hall–Kier alpha value is -3.65. The second kappa shape index (κ2) is 23.9. The molecule has 0 aliphatic rings. The molecule has 13 heteroatoms. The van der Waals surface area contributed by atoms with Crippen LogP contribution in [0.3, 0.4) is 0 Å². The van der Waals surface area contributed by atoms with Gasteiger partial charge in [-0.05, 0) is 126 Å². The van der Waals surface area contributed by atoms with Crippen molar-refractivity contribution in [2.45, 2.75) is 51.4 Å². The number of anilines is 6. The van der Waals surface area contributed by atoms with E-state index in [1.165, 1.54) is 11.4 Å². The Morgan fingerprint density at radius 2 is 0.943 bits per heavy atom. The minimum Gasteiger partial charge on any atom is -0.494 e. The van der Waals surface area contributed by atoms with Crippen molar-refractivity contribution in [3.63, 3.8) is 0 Å². The van der Waals surface area contributed by atoms with Gasteiger partial charge in [0.15, 0.2) is 0 Å². The molecule has 0 aliphatic heterocycles. The number of carboxylic acids is 2. The molecule has 2 N–H and O–H groups in total. The number of benzene rings is 2. The number of rotatable bonds is 18. The Kier molecular flexibility index (Phi) is 19.0. The van der Waals surface area contributed by atoms with Gasteiger partial charge in [0, 0.05) is 56.1 Å². The lowest BCUT2D eigenvalue weighted by atomic mass is 10.2. The molecule has 0 unspecified atom stereocenters. The summed E-state index contributed by atoms with van der Waals surface area (Å²) in [5, 5.41) is 35.5. The SMILES string of the molecule is Clc1ccc(N(c2ccsc2)c2ccsc2)cc1.O=C(O)CCCCCBr.O=C(O)CCCCCOc1ccc(N(c2ccsc2)c2ccsc2)cc1. The van der Waals surface area contributed by atoms with Crippen LogP contribution < -0.4 is 14.5 Å². The summed E-state index contributed by atoms with van der Waals surface area (Å²) < 4.78 is 5.77. The van der Waals surface area contributed by atoms with Crippen molar-refractivity contribution in [1.82, 2.24) is 0 Å². The van der Waals surface area contributed by atoms with E-state index in [9.17, 15) is 9.59 Å². The number of unbranched alkanes of at least 4 members (excludes halogenated alkanes) is 4. The number of alkyl halides is 1. The molecule has 53 heavy (non-hydrogen) atoms. The number of halogens is 2. The van der Waals surface area contributed by atoms with Crippen molar-refractivity contribution in [2.75, 3.05) is 21.7 Å². The van der Waals surface area contributed by atoms with E-state index < -0.39 is 11.9 Å². The molecule has 4 aromatic heterocycles. The second-order valence-corrected chi connectivity index (χ2v) is 15.9. The summed E-state index contributed by atoms with van der Waals surface area (Å²) in [7, 11) is 0. The number of thiophene rings is 4. The zero-order chi connectivity index (χ0) is 37.7. The van der Waals surface area contributed by atoms with Gasteiger partial charge in [-0.1, -0.05) is 34.0 Å². The molecule has 0 saturated heterocycles. The number of aliphatic carboxylic acids is 2. The third-order valence-electron chi connectivity index (χ3n) is 7.57. The van der Waals surface area contributed by atoms with Gasteiger partial charge in [0.1, 0.15) is 5.75 Å². The smallest absolute Gasteiger partial charge is 0.303 e. The molecular weight excluding hydrogens is 832 g/mol. The predicted molar refractivity (Wildman–Crippen MR) is 230 cm³/mol. The van der Waals surface area contributed by atoms with E-state index in [1.807, 2.05) is 36.4 Å². The Labute approximate surface area is 340 Å². The highest BCUT2D eigenvalue weighted by molar-refractivity contribution is 9.09. The van der Waals surface area contributed by atoms with Crippen LogP contribution in [0.2, 0.25) is 5.02 Å². The molecule has 7 nitrogen and oxygen atoms in total. The zero-order valence-electron chi connectivity index (χ0n) is 29.0. The van der Waals surface area contributed by atoms with Crippen molar-refractivity contribution in [2.24, 2.45) is 0 Å². The van der Waals surface area contributed by atoms with Crippen LogP contribution in [-0.4, -0.2) is 34.1 Å². The van der Waals surface area contributed by atoms with Gasteiger partial charge in [-0.3, -0.25) is 9.59 Å². The van der Waals surface area contributed by atoms with Gasteiger partial charge in [-0.2, -0.15) is 45.3 Å². The average Bonchev–Trinajstić information content (AvgIpc) is 4.01. The number of nitrogens with zero attached hydrogens (tertiary/aromatic N) is 2. The predicted octanol–water partition coefficient (Wildman–Crippen LogP) is 14.3. The van der Waals surface area contributed by atoms with Crippen LogP contribution in [0.15, 0.2) is 116 Å². The van der Waals surface area contributed by atoms with Crippen LogP contribution in [0.5, 0.6) is 5.75 Å². The molecule has 280 valence electrons. The van der Waals surface area contributed by atoms with Crippen molar-refractivity contribution in [3.8, 4) is 5.75 Å². The summed E-state index contributed by atoms with van der Waals surface area (Å²) in [5.74, 6) is -0.588. The minimum absolute atomic E-state index is 0.232. The van der Waals surface area contributed by atoms with Crippen molar-refractivity contribution < 1.29 is 24.5 Å². The largest absolute Gasteiger partial charge is 0.494 e. The van der Waals surface area contributed by atoms with E-state index in [0.29, 0.717) is 19.4 Å². The number of ether oxygens (including phenoxy) is 1. The molecule has 6 rings (SSSR count). The lowest BCUT2D eigenvalue weighted by Crippen LogP contribution is -2.07. The monoisotopic (exact) mass is 872 g/mol. The molecule has 0 aliphatic carbocycles. The molecule has 0 radical (unpaired) electrons. The average molecular weight is 874 g/mol. The highest BCUT2D eigenvalue weighted by Gasteiger charge is 2.14. The summed E-state index contributed by atoms with van der Waals surface area (Å²) in [5.41, 5.74) is 6.88. The zero-order valence-corrected chi connectivity index (χ0v) is 34.6. The van der Waals surface area contributed by atoms with E-state index >= 15 is 0 Å². The fraction of sp³-hybridized carbons (Fsp3) is 0.250. The Morgan fingerprint density at radius 3 is 1.30 bits per heavy atom. The molecule has 4 heterocycles. The molecule has 0 spiro atoms. The van der Waals surface area contributed by atoms with Crippen molar-refractivity contribution >= 4 is 119 Å². The summed E-state index contributed by atoms with van der Waals surface area (Å²) in [6.45, 7) is 0.609. The highest BCUT2D eigenvalue weighted by Crippen LogP contribution is 2.38. The highest BCUT2D eigenvalue weighted by atomic mass is 79.9. The Bertz CT molecular complexity index is 1770. The maximum Gasteiger partial charge on any atom is 0.303 e. The summed E-state index contributed by atoms with van der Waals surface area (Å²) in [4.78, 5) is 24.9. The fourth-order valence-electron chi connectivity index (χ4n) is 5.01. The first kappa shape index (κ1) is 42.1. The molecule has 0 atom stereocenters. The number of hydrogen-bond acceptors (Lipinski definition) is 9. The molecule has 6 aromatic rings. The lowest BCUT2D eigenvalue weighted by molar-refractivity contribution is -0.138. The van der Waals surface area contributed by atoms with Crippen LogP contribution >= 0.6 is 72.9 Å². The van der Waals surface area contributed by atoms with Crippen LogP contribution in [0.4, 0.5) is 34.1 Å². The van der Waals surface area contributed by atoms with E-state index in [1.54, 1.807) is 45.3 Å². The maximum absolute atomic E-state index is 10.5. The van der Waals surface area contributed by atoms with Gasteiger partial charge in [-0.15, -0.1) is 0 Å². The Morgan fingerprint density at radius 1 is 0.547 bits per heavy atom. The molecule has 0 amide bonds. The van der Waals surface area contributed by atoms with E-state index in [0.717, 1.165) is 71.0 Å². The summed E-state index contributed by atoms with van der Waals surface area (Å²) >= 11 is 16.0. The quantitative estimate of drug-likeness (QED) is 0.0656. The number of carbonyl (C=O) groups is 2. The molecule has 0 fully saturated rings. The molecular formula is C40H42BrClN2O5S4. The van der Waals surface area contributed by atoms with Crippen molar-refractivity contribution in [3.05, 3.63) is 121 Å². The van der Waals surface area contributed by atoms with Gasteiger partial charge >= 0.3 is 11.9 Å². The van der Waals surface area contributed by atoms with Gasteiger partial charge < -0.3 is 24.7 Å². The van der Waals surface area contributed by atoms with E-state index in [-0.39, 0.29) is 6.42 Å². The van der Waals surface area contributed by atoms with Gasteiger partial charge in [0.05, 0.1) is 29.4 Å². The van der Waals surface area contributed by atoms with Crippen LogP contribution in [-0.2, 0) is 9.59 Å². The summed E-state index contributed by atoms with van der Waals surface area (Å²) in [6.07, 6.45) is 5.88. The first-order valence-corrected chi connectivity index (χ1v) is 22.3. The van der Waals surface area contributed by atoms with Crippen molar-refractivity contribution in [1.29, 1.82) is 0 Å². The van der Waals surface area contributed by atoms with Crippen LogP contribution in [0.25, 0.3) is 0 Å². The first-order chi connectivity index (χ1) is 25.9. The summed E-state index contributed by atoms with van der Waals surface area (Å²) in [6, 6.07) is 24.5.